The zero-order chi connectivity index (χ0) is 17.2. The van der Waals surface area contributed by atoms with E-state index in [0.29, 0.717) is 5.56 Å². The standard InChI is InChI=1S/C22H20N2O/c1-16-6-2-4-8-20(16)22(25)23-18-10-12-19(13-11-18)24-15-14-17-7-3-5-9-21(17)24/h2-13H,14-15H2,1H3,(H,23,25). The van der Waals surface area contributed by atoms with Crippen molar-refractivity contribution >= 4 is 23.0 Å². The lowest BCUT2D eigenvalue weighted by Crippen LogP contribution is -2.14. The van der Waals surface area contributed by atoms with Crippen LogP contribution in [0.3, 0.4) is 0 Å². The van der Waals surface area contributed by atoms with Crippen LogP contribution in [0.2, 0.25) is 0 Å². The minimum atomic E-state index is -0.0719. The van der Waals surface area contributed by atoms with Gasteiger partial charge in [-0.15, -0.1) is 0 Å². The molecule has 0 atom stereocenters. The van der Waals surface area contributed by atoms with Crippen molar-refractivity contribution in [3.05, 3.63) is 89.5 Å². The summed E-state index contributed by atoms with van der Waals surface area (Å²) >= 11 is 0. The van der Waals surface area contributed by atoms with Crippen LogP contribution in [0.15, 0.2) is 72.8 Å². The number of aryl methyl sites for hydroxylation is 1. The summed E-state index contributed by atoms with van der Waals surface area (Å²) in [6.07, 6.45) is 1.07. The minimum Gasteiger partial charge on any atom is -0.341 e. The highest BCUT2D eigenvalue weighted by Crippen LogP contribution is 2.34. The van der Waals surface area contributed by atoms with Gasteiger partial charge in [-0.05, 0) is 60.9 Å². The minimum absolute atomic E-state index is 0.0719. The van der Waals surface area contributed by atoms with Gasteiger partial charge < -0.3 is 10.2 Å². The van der Waals surface area contributed by atoms with E-state index in [2.05, 4.69) is 46.6 Å². The Morgan fingerprint density at radius 3 is 2.44 bits per heavy atom. The number of amides is 1. The number of hydrogen-bond donors (Lipinski definition) is 1. The Bertz CT molecular complexity index is 915. The van der Waals surface area contributed by atoms with Gasteiger partial charge in [-0.3, -0.25) is 4.79 Å². The third-order valence-electron chi connectivity index (χ3n) is 4.71. The maximum absolute atomic E-state index is 12.4. The van der Waals surface area contributed by atoms with Crippen molar-refractivity contribution in [1.82, 2.24) is 0 Å². The van der Waals surface area contributed by atoms with Gasteiger partial charge in [0, 0.05) is 29.2 Å². The summed E-state index contributed by atoms with van der Waals surface area (Å²) in [4.78, 5) is 14.7. The predicted octanol–water partition coefficient (Wildman–Crippen LogP) is 4.94. The van der Waals surface area contributed by atoms with Crippen molar-refractivity contribution in [2.24, 2.45) is 0 Å². The summed E-state index contributed by atoms with van der Waals surface area (Å²) in [5, 5.41) is 2.98. The molecule has 124 valence electrons. The number of carbonyl (C=O) groups excluding carboxylic acids is 1. The Balaban J connectivity index is 1.52. The second-order valence-electron chi connectivity index (χ2n) is 6.35. The molecule has 25 heavy (non-hydrogen) atoms. The molecule has 0 bridgehead atoms. The molecule has 3 aromatic rings. The molecule has 1 aliphatic heterocycles. The molecule has 1 heterocycles. The van der Waals surface area contributed by atoms with Gasteiger partial charge in [0.2, 0.25) is 0 Å². The second-order valence-corrected chi connectivity index (χ2v) is 6.35. The molecule has 0 aromatic heterocycles. The van der Waals surface area contributed by atoms with Gasteiger partial charge in [-0.1, -0.05) is 36.4 Å². The fraction of sp³-hybridized carbons (Fsp3) is 0.136. The van der Waals surface area contributed by atoms with E-state index in [1.165, 1.54) is 11.3 Å². The molecule has 0 fully saturated rings. The fourth-order valence-corrected chi connectivity index (χ4v) is 3.36. The van der Waals surface area contributed by atoms with Crippen molar-refractivity contribution in [2.45, 2.75) is 13.3 Å². The van der Waals surface area contributed by atoms with Crippen molar-refractivity contribution in [3.63, 3.8) is 0 Å². The number of carbonyl (C=O) groups is 1. The maximum Gasteiger partial charge on any atom is 0.255 e. The number of nitrogens with zero attached hydrogens (tertiary/aromatic N) is 1. The summed E-state index contributed by atoms with van der Waals surface area (Å²) in [6.45, 7) is 2.94. The molecule has 4 rings (SSSR count). The first-order valence-electron chi connectivity index (χ1n) is 8.55. The van der Waals surface area contributed by atoms with Crippen molar-refractivity contribution in [2.75, 3.05) is 16.8 Å². The van der Waals surface area contributed by atoms with Gasteiger partial charge in [0.25, 0.3) is 5.91 Å². The lowest BCUT2D eigenvalue weighted by molar-refractivity contribution is 0.102. The van der Waals surface area contributed by atoms with Gasteiger partial charge in [-0.25, -0.2) is 0 Å². The average Bonchev–Trinajstić information content (AvgIpc) is 3.07. The lowest BCUT2D eigenvalue weighted by atomic mass is 10.1. The lowest BCUT2D eigenvalue weighted by Gasteiger charge is -2.20. The molecule has 0 aliphatic carbocycles. The normalized spacial score (nSPS) is 12.8. The van der Waals surface area contributed by atoms with Crippen molar-refractivity contribution in [3.8, 4) is 0 Å². The summed E-state index contributed by atoms with van der Waals surface area (Å²) in [6, 6.07) is 24.2. The predicted molar refractivity (Wildman–Crippen MR) is 103 cm³/mol. The summed E-state index contributed by atoms with van der Waals surface area (Å²) in [7, 11) is 0. The number of anilines is 3. The topological polar surface area (TPSA) is 32.3 Å². The molecule has 0 spiro atoms. The third-order valence-corrected chi connectivity index (χ3v) is 4.71. The quantitative estimate of drug-likeness (QED) is 0.738. The van der Waals surface area contributed by atoms with E-state index in [1.807, 2.05) is 43.3 Å². The Labute approximate surface area is 147 Å². The van der Waals surface area contributed by atoms with E-state index in [0.717, 1.165) is 29.9 Å². The Hall–Kier alpha value is -3.07. The van der Waals surface area contributed by atoms with Gasteiger partial charge in [0.1, 0.15) is 0 Å². The second kappa shape index (κ2) is 6.44. The highest BCUT2D eigenvalue weighted by molar-refractivity contribution is 6.05. The Morgan fingerprint density at radius 1 is 0.920 bits per heavy atom. The van der Waals surface area contributed by atoms with Crippen LogP contribution in [0.1, 0.15) is 21.5 Å². The van der Waals surface area contributed by atoms with Crippen LogP contribution in [-0.4, -0.2) is 12.5 Å². The van der Waals surface area contributed by atoms with Gasteiger partial charge >= 0.3 is 0 Å². The Kier molecular flexibility index (Phi) is 3.98. The highest BCUT2D eigenvalue weighted by atomic mass is 16.1. The average molecular weight is 328 g/mol. The first-order chi connectivity index (χ1) is 12.2. The first-order valence-corrected chi connectivity index (χ1v) is 8.55. The molecule has 3 heteroatoms. The van der Waals surface area contributed by atoms with Crippen LogP contribution in [-0.2, 0) is 6.42 Å². The number of para-hydroxylation sites is 1. The molecule has 3 nitrogen and oxygen atoms in total. The monoisotopic (exact) mass is 328 g/mol. The number of rotatable bonds is 3. The molecule has 0 saturated carbocycles. The Morgan fingerprint density at radius 2 is 1.64 bits per heavy atom. The van der Waals surface area contributed by atoms with E-state index in [4.69, 9.17) is 0 Å². The van der Waals surface area contributed by atoms with Gasteiger partial charge in [-0.2, -0.15) is 0 Å². The number of hydrogen-bond acceptors (Lipinski definition) is 2. The molecular weight excluding hydrogens is 308 g/mol. The largest absolute Gasteiger partial charge is 0.341 e. The van der Waals surface area contributed by atoms with Crippen molar-refractivity contribution < 1.29 is 4.79 Å². The first kappa shape index (κ1) is 15.5. The molecule has 1 aliphatic rings. The SMILES string of the molecule is Cc1ccccc1C(=O)Nc1ccc(N2CCc3ccccc32)cc1. The number of benzene rings is 3. The van der Waals surface area contributed by atoms with Crippen LogP contribution in [0.5, 0.6) is 0 Å². The van der Waals surface area contributed by atoms with Crippen LogP contribution < -0.4 is 10.2 Å². The summed E-state index contributed by atoms with van der Waals surface area (Å²) < 4.78 is 0. The molecule has 0 unspecified atom stereocenters. The van der Waals surface area contributed by atoms with Crippen molar-refractivity contribution in [1.29, 1.82) is 0 Å². The third kappa shape index (κ3) is 3.01. The maximum atomic E-state index is 12.4. The number of fused-ring (bicyclic) bond motifs is 1. The fourth-order valence-electron chi connectivity index (χ4n) is 3.36. The van der Waals surface area contributed by atoms with Crippen LogP contribution in [0.4, 0.5) is 17.1 Å². The van der Waals surface area contributed by atoms with E-state index >= 15 is 0 Å². The van der Waals surface area contributed by atoms with E-state index in [9.17, 15) is 4.79 Å². The molecule has 3 aromatic carbocycles. The molecule has 1 N–H and O–H groups in total. The molecule has 0 saturated heterocycles. The van der Waals surface area contributed by atoms with Gasteiger partial charge in [0.05, 0.1) is 0 Å². The zero-order valence-corrected chi connectivity index (χ0v) is 14.2. The highest BCUT2D eigenvalue weighted by Gasteiger charge is 2.19. The number of nitrogens with one attached hydrogen (secondary N) is 1. The summed E-state index contributed by atoms with van der Waals surface area (Å²) in [5.41, 5.74) is 6.31. The molecular formula is C22H20N2O. The molecule has 0 radical (unpaired) electrons. The van der Waals surface area contributed by atoms with Crippen LogP contribution in [0, 0.1) is 6.92 Å². The van der Waals surface area contributed by atoms with E-state index < -0.39 is 0 Å². The molecule has 1 amide bonds. The smallest absolute Gasteiger partial charge is 0.255 e. The van der Waals surface area contributed by atoms with Crippen LogP contribution >= 0.6 is 0 Å². The van der Waals surface area contributed by atoms with E-state index in [1.54, 1.807) is 0 Å². The van der Waals surface area contributed by atoms with Crippen LogP contribution in [0.25, 0.3) is 0 Å². The summed E-state index contributed by atoms with van der Waals surface area (Å²) in [5.74, 6) is -0.0719. The van der Waals surface area contributed by atoms with Gasteiger partial charge in [0.15, 0.2) is 0 Å². The van der Waals surface area contributed by atoms with E-state index in [-0.39, 0.29) is 5.91 Å². The zero-order valence-electron chi connectivity index (χ0n) is 14.2.